The second-order valence-electron chi connectivity index (χ2n) is 4.76. The molecule has 1 N–H and O–H groups in total. The fourth-order valence-corrected chi connectivity index (χ4v) is 2.40. The van der Waals surface area contributed by atoms with Gasteiger partial charge in [-0.15, -0.1) is 0 Å². The summed E-state index contributed by atoms with van der Waals surface area (Å²) in [7, 11) is 0. The first-order valence-electron chi connectivity index (χ1n) is 6.61. The molecule has 2 aliphatic heterocycles. The molecule has 0 aliphatic carbocycles. The molecule has 0 aromatic rings. The zero-order chi connectivity index (χ0) is 13.7. The van der Waals surface area contributed by atoms with E-state index >= 15 is 0 Å². The molecule has 0 spiro atoms. The van der Waals surface area contributed by atoms with Crippen LogP contribution in [0.4, 0.5) is 4.79 Å². The molecule has 19 heavy (non-hydrogen) atoms. The highest BCUT2D eigenvalue weighted by atomic mass is 16.5. The van der Waals surface area contributed by atoms with Crippen molar-refractivity contribution >= 4 is 12.0 Å². The number of ether oxygens (including phenoxy) is 2. The summed E-state index contributed by atoms with van der Waals surface area (Å²) in [4.78, 5) is 26.7. The van der Waals surface area contributed by atoms with Gasteiger partial charge in [0.1, 0.15) is 0 Å². The Hall–Kier alpha value is -1.34. The van der Waals surface area contributed by atoms with E-state index in [0.717, 1.165) is 6.42 Å². The van der Waals surface area contributed by atoms with Gasteiger partial charge >= 0.3 is 12.0 Å². The van der Waals surface area contributed by atoms with Crippen LogP contribution in [0.15, 0.2) is 0 Å². The van der Waals surface area contributed by atoms with Gasteiger partial charge in [-0.1, -0.05) is 0 Å². The molecular weight excluding hydrogens is 252 g/mol. The second kappa shape index (κ2) is 6.72. The molecule has 2 fully saturated rings. The lowest BCUT2D eigenvalue weighted by Crippen LogP contribution is -2.54. The molecule has 0 aromatic heterocycles. The average Bonchev–Trinajstić information content (AvgIpc) is 2.67. The first kappa shape index (κ1) is 14.1. The van der Waals surface area contributed by atoms with E-state index in [1.165, 1.54) is 0 Å². The van der Waals surface area contributed by atoms with Crippen molar-refractivity contribution in [1.82, 2.24) is 9.80 Å². The SMILES string of the molecule is O=C(O)CC1COCCN1C(=O)N1CCCOCC1. The van der Waals surface area contributed by atoms with Crippen molar-refractivity contribution in [3.05, 3.63) is 0 Å². The maximum Gasteiger partial charge on any atom is 0.320 e. The molecule has 2 aliphatic rings. The number of carboxylic acid groups (broad SMARTS) is 1. The third-order valence-corrected chi connectivity index (χ3v) is 3.38. The lowest BCUT2D eigenvalue weighted by molar-refractivity contribution is -0.139. The Bertz CT molecular complexity index is 328. The minimum Gasteiger partial charge on any atom is -0.481 e. The highest BCUT2D eigenvalue weighted by Gasteiger charge is 2.32. The zero-order valence-electron chi connectivity index (χ0n) is 10.9. The van der Waals surface area contributed by atoms with Crippen molar-refractivity contribution in [2.24, 2.45) is 0 Å². The number of amides is 2. The number of morpholine rings is 1. The van der Waals surface area contributed by atoms with Crippen LogP contribution in [-0.4, -0.2) is 79.0 Å². The van der Waals surface area contributed by atoms with Crippen molar-refractivity contribution in [2.45, 2.75) is 18.9 Å². The van der Waals surface area contributed by atoms with E-state index in [0.29, 0.717) is 46.1 Å². The second-order valence-corrected chi connectivity index (χ2v) is 4.76. The van der Waals surface area contributed by atoms with Crippen molar-refractivity contribution in [3.63, 3.8) is 0 Å². The molecule has 0 saturated carbocycles. The van der Waals surface area contributed by atoms with Gasteiger partial charge in [-0.3, -0.25) is 4.79 Å². The minimum atomic E-state index is -0.910. The molecule has 1 atom stereocenters. The van der Waals surface area contributed by atoms with Gasteiger partial charge < -0.3 is 24.4 Å². The van der Waals surface area contributed by atoms with E-state index in [9.17, 15) is 9.59 Å². The van der Waals surface area contributed by atoms with E-state index in [-0.39, 0.29) is 18.5 Å². The van der Waals surface area contributed by atoms with Gasteiger partial charge in [-0.05, 0) is 6.42 Å². The van der Waals surface area contributed by atoms with Crippen LogP contribution in [-0.2, 0) is 14.3 Å². The van der Waals surface area contributed by atoms with Crippen molar-refractivity contribution in [2.75, 3.05) is 46.1 Å². The third kappa shape index (κ3) is 3.81. The number of rotatable bonds is 2. The Kier molecular flexibility index (Phi) is 4.98. The fourth-order valence-electron chi connectivity index (χ4n) is 2.40. The number of carbonyl (C=O) groups excluding carboxylic acids is 1. The first-order chi connectivity index (χ1) is 9.18. The van der Waals surface area contributed by atoms with E-state index in [4.69, 9.17) is 14.6 Å². The molecule has 1 unspecified atom stereocenters. The Morgan fingerprint density at radius 2 is 1.89 bits per heavy atom. The predicted molar refractivity (Wildman–Crippen MR) is 66.0 cm³/mol. The van der Waals surface area contributed by atoms with Gasteiger partial charge in [0, 0.05) is 26.2 Å². The van der Waals surface area contributed by atoms with Gasteiger partial charge in [0.25, 0.3) is 0 Å². The largest absolute Gasteiger partial charge is 0.481 e. The van der Waals surface area contributed by atoms with E-state index < -0.39 is 5.97 Å². The highest BCUT2D eigenvalue weighted by molar-refractivity contribution is 5.76. The summed E-state index contributed by atoms with van der Waals surface area (Å²) in [6.45, 7) is 3.65. The molecule has 2 saturated heterocycles. The summed E-state index contributed by atoms with van der Waals surface area (Å²) in [5, 5.41) is 8.89. The third-order valence-electron chi connectivity index (χ3n) is 3.38. The summed E-state index contributed by atoms with van der Waals surface area (Å²) >= 11 is 0. The lowest BCUT2D eigenvalue weighted by atomic mass is 10.1. The number of carbonyl (C=O) groups is 2. The zero-order valence-corrected chi connectivity index (χ0v) is 10.9. The molecule has 2 rings (SSSR count). The summed E-state index contributed by atoms with van der Waals surface area (Å²) in [6.07, 6.45) is 0.746. The quantitative estimate of drug-likeness (QED) is 0.765. The monoisotopic (exact) mass is 272 g/mol. The molecular formula is C12H20N2O5. The summed E-state index contributed by atoms with van der Waals surface area (Å²) in [5.41, 5.74) is 0. The topological polar surface area (TPSA) is 79.3 Å². The van der Waals surface area contributed by atoms with Crippen LogP contribution in [0.1, 0.15) is 12.8 Å². The van der Waals surface area contributed by atoms with Gasteiger partial charge in [-0.2, -0.15) is 0 Å². The molecule has 7 heteroatoms. The molecule has 0 aromatic carbocycles. The Morgan fingerprint density at radius 1 is 1.11 bits per heavy atom. The Morgan fingerprint density at radius 3 is 2.68 bits per heavy atom. The molecule has 2 heterocycles. The van der Waals surface area contributed by atoms with Crippen LogP contribution in [0.2, 0.25) is 0 Å². The van der Waals surface area contributed by atoms with Crippen LogP contribution in [0.5, 0.6) is 0 Å². The van der Waals surface area contributed by atoms with Crippen LogP contribution < -0.4 is 0 Å². The lowest BCUT2D eigenvalue weighted by Gasteiger charge is -2.38. The number of nitrogens with zero attached hydrogens (tertiary/aromatic N) is 2. The van der Waals surface area contributed by atoms with Crippen LogP contribution in [0, 0.1) is 0 Å². The number of urea groups is 1. The normalized spacial score (nSPS) is 24.9. The van der Waals surface area contributed by atoms with Crippen molar-refractivity contribution in [1.29, 1.82) is 0 Å². The van der Waals surface area contributed by atoms with Crippen LogP contribution in [0.25, 0.3) is 0 Å². The van der Waals surface area contributed by atoms with Gasteiger partial charge in [0.15, 0.2) is 0 Å². The molecule has 0 bridgehead atoms. The van der Waals surface area contributed by atoms with Crippen LogP contribution in [0.3, 0.4) is 0 Å². The minimum absolute atomic E-state index is 0.0733. The van der Waals surface area contributed by atoms with Gasteiger partial charge in [-0.25, -0.2) is 4.79 Å². The maximum absolute atomic E-state index is 12.4. The molecule has 108 valence electrons. The summed E-state index contributed by atoms with van der Waals surface area (Å²) in [5.74, 6) is -0.910. The highest BCUT2D eigenvalue weighted by Crippen LogP contribution is 2.14. The van der Waals surface area contributed by atoms with Crippen LogP contribution >= 0.6 is 0 Å². The van der Waals surface area contributed by atoms with E-state index in [1.807, 2.05) is 0 Å². The number of aliphatic carboxylic acids is 1. The number of hydrogen-bond acceptors (Lipinski definition) is 4. The molecule has 2 amide bonds. The van der Waals surface area contributed by atoms with E-state index in [1.54, 1.807) is 9.80 Å². The Balaban J connectivity index is 1.99. The summed E-state index contributed by atoms with van der Waals surface area (Å²) < 4.78 is 10.6. The number of carboxylic acids is 1. The van der Waals surface area contributed by atoms with Gasteiger partial charge in [0.05, 0.1) is 32.3 Å². The van der Waals surface area contributed by atoms with Crippen molar-refractivity contribution < 1.29 is 24.2 Å². The average molecular weight is 272 g/mol. The smallest absolute Gasteiger partial charge is 0.320 e. The predicted octanol–water partition coefficient (Wildman–Crippen LogP) is 0.00420. The molecule has 0 radical (unpaired) electrons. The Labute approximate surface area is 112 Å². The maximum atomic E-state index is 12.4. The molecule has 7 nitrogen and oxygen atoms in total. The van der Waals surface area contributed by atoms with E-state index in [2.05, 4.69) is 0 Å². The fraction of sp³-hybridized carbons (Fsp3) is 0.833. The number of hydrogen-bond donors (Lipinski definition) is 1. The summed E-state index contributed by atoms with van der Waals surface area (Å²) in [6, 6.07) is -0.469. The van der Waals surface area contributed by atoms with Crippen molar-refractivity contribution in [3.8, 4) is 0 Å². The standard InChI is InChI=1S/C12H20N2O5/c15-11(16)8-10-9-19-7-4-14(10)12(17)13-2-1-5-18-6-3-13/h10H,1-9H2,(H,15,16). The first-order valence-corrected chi connectivity index (χ1v) is 6.61. The van der Waals surface area contributed by atoms with Gasteiger partial charge in [0.2, 0.25) is 0 Å².